The second-order valence-corrected chi connectivity index (χ2v) is 8.73. The van der Waals surface area contributed by atoms with Crippen molar-refractivity contribution in [3.05, 3.63) is 29.3 Å². The minimum atomic E-state index is -3.48. The molecular formula is C18H29N3O3S. The maximum Gasteiger partial charge on any atom is 0.243 e. The highest BCUT2D eigenvalue weighted by Crippen LogP contribution is 2.22. The third kappa shape index (κ3) is 5.03. The van der Waals surface area contributed by atoms with Gasteiger partial charge in [-0.05, 0) is 44.4 Å². The highest BCUT2D eigenvalue weighted by Gasteiger charge is 2.30. The van der Waals surface area contributed by atoms with Crippen LogP contribution < -0.4 is 5.32 Å². The first-order valence-corrected chi connectivity index (χ1v) is 10.3. The summed E-state index contributed by atoms with van der Waals surface area (Å²) >= 11 is 0. The molecule has 1 aromatic rings. The van der Waals surface area contributed by atoms with Crippen LogP contribution in [0.2, 0.25) is 0 Å². The van der Waals surface area contributed by atoms with Crippen molar-refractivity contribution in [2.45, 2.75) is 45.1 Å². The van der Waals surface area contributed by atoms with Gasteiger partial charge in [0.05, 0.1) is 11.4 Å². The lowest BCUT2D eigenvalue weighted by Gasteiger charge is -2.34. The molecule has 1 aliphatic rings. The van der Waals surface area contributed by atoms with E-state index < -0.39 is 10.0 Å². The average molecular weight is 368 g/mol. The minimum Gasteiger partial charge on any atom is -0.353 e. The van der Waals surface area contributed by atoms with Gasteiger partial charge in [-0.15, -0.1) is 0 Å². The van der Waals surface area contributed by atoms with Gasteiger partial charge in [0.15, 0.2) is 0 Å². The molecule has 6 nitrogen and oxygen atoms in total. The summed E-state index contributed by atoms with van der Waals surface area (Å²) in [6, 6.07) is 5.66. The number of nitrogens with zero attached hydrogens (tertiary/aromatic N) is 2. The summed E-state index contributed by atoms with van der Waals surface area (Å²) in [6.45, 7) is 10.00. The number of rotatable bonds is 6. The average Bonchev–Trinajstić information content (AvgIpc) is 2.57. The summed E-state index contributed by atoms with van der Waals surface area (Å²) in [5.41, 5.74) is 1.70. The van der Waals surface area contributed by atoms with Crippen LogP contribution in [0.5, 0.6) is 0 Å². The first-order chi connectivity index (χ1) is 11.7. The van der Waals surface area contributed by atoms with Crippen LogP contribution in [0.3, 0.4) is 0 Å². The zero-order chi connectivity index (χ0) is 18.6. The summed E-state index contributed by atoms with van der Waals surface area (Å²) in [6.07, 6.45) is 0.896. The standard InChI is InChI=1S/C18H29N3O3S/c1-5-16(4)19-18(22)13-20-8-10-21(11-9-20)25(23,24)17-12-14(2)6-7-15(17)3/h6-7,12,16H,5,8-11,13H2,1-4H3,(H,19,22)/t16-/m1/s1. The van der Waals surface area contributed by atoms with Gasteiger partial charge < -0.3 is 5.32 Å². The van der Waals surface area contributed by atoms with E-state index >= 15 is 0 Å². The molecule has 1 amide bonds. The minimum absolute atomic E-state index is 0.000172. The molecule has 0 aliphatic carbocycles. The Hall–Kier alpha value is -1.44. The second kappa shape index (κ2) is 8.29. The van der Waals surface area contributed by atoms with Crippen molar-refractivity contribution in [1.82, 2.24) is 14.5 Å². The van der Waals surface area contributed by atoms with Gasteiger partial charge in [0.1, 0.15) is 0 Å². The first-order valence-electron chi connectivity index (χ1n) is 8.83. The fourth-order valence-corrected chi connectivity index (χ4v) is 4.61. The van der Waals surface area contributed by atoms with Crippen molar-refractivity contribution < 1.29 is 13.2 Å². The van der Waals surface area contributed by atoms with Crippen molar-refractivity contribution >= 4 is 15.9 Å². The molecule has 1 saturated heterocycles. The summed E-state index contributed by atoms with van der Waals surface area (Å²) in [7, 11) is -3.48. The van der Waals surface area contributed by atoms with E-state index in [-0.39, 0.29) is 11.9 Å². The summed E-state index contributed by atoms with van der Waals surface area (Å²) in [5.74, 6) is 0.000172. The van der Waals surface area contributed by atoms with Crippen molar-refractivity contribution in [1.29, 1.82) is 0 Å². The molecule has 1 atom stereocenters. The quantitative estimate of drug-likeness (QED) is 0.828. The predicted molar refractivity (Wildman–Crippen MR) is 99.0 cm³/mol. The number of nitrogens with one attached hydrogen (secondary N) is 1. The second-order valence-electron chi connectivity index (χ2n) is 6.83. The molecule has 1 aromatic carbocycles. The third-order valence-electron chi connectivity index (χ3n) is 4.68. The number of sulfonamides is 1. The summed E-state index contributed by atoms with van der Waals surface area (Å²) in [5, 5.41) is 2.95. The van der Waals surface area contributed by atoms with E-state index in [0.29, 0.717) is 37.6 Å². The molecule has 2 rings (SSSR count). The Labute approximate surface area is 151 Å². The van der Waals surface area contributed by atoms with E-state index in [1.807, 2.05) is 44.7 Å². The van der Waals surface area contributed by atoms with Gasteiger partial charge in [-0.25, -0.2) is 8.42 Å². The molecule has 0 saturated carbocycles. The van der Waals surface area contributed by atoms with E-state index in [9.17, 15) is 13.2 Å². The molecule has 1 fully saturated rings. The molecular weight excluding hydrogens is 338 g/mol. The predicted octanol–water partition coefficient (Wildman–Crippen LogP) is 1.52. The van der Waals surface area contributed by atoms with Crippen LogP contribution in [0.4, 0.5) is 0 Å². The molecule has 1 heterocycles. The lowest BCUT2D eigenvalue weighted by Crippen LogP contribution is -2.51. The lowest BCUT2D eigenvalue weighted by atomic mass is 10.2. The van der Waals surface area contributed by atoms with Crippen LogP contribution in [-0.4, -0.2) is 62.3 Å². The van der Waals surface area contributed by atoms with E-state index in [1.54, 1.807) is 6.07 Å². The number of carbonyl (C=O) groups excluding carboxylic acids is 1. The summed E-state index contributed by atoms with van der Waals surface area (Å²) in [4.78, 5) is 14.4. The van der Waals surface area contributed by atoms with Gasteiger partial charge in [0, 0.05) is 32.2 Å². The molecule has 1 N–H and O–H groups in total. The third-order valence-corrected chi connectivity index (χ3v) is 6.72. The largest absolute Gasteiger partial charge is 0.353 e. The van der Waals surface area contributed by atoms with Crippen molar-refractivity contribution in [3.63, 3.8) is 0 Å². The van der Waals surface area contributed by atoms with E-state index in [1.165, 1.54) is 4.31 Å². The molecule has 0 unspecified atom stereocenters. The maximum absolute atomic E-state index is 12.9. The molecule has 0 aromatic heterocycles. The van der Waals surface area contributed by atoms with Crippen LogP contribution in [0.25, 0.3) is 0 Å². The summed E-state index contributed by atoms with van der Waals surface area (Å²) < 4.78 is 27.3. The van der Waals surface area contributed by atoms with Gasteiger partial charge in [-0.2, -0.15) is 4.31 Å². The fraction of sp³-hybridized carbons (Fsp3) is 0.611. The Balaban J connectivity index is 1.97. The maximum atomic E-state index is 12.9. The van der Waals surface area contributed by atoms with Crippen LogP contribution >= 0.6 is 0 Å². The molecule has 25 heavy (non-hydrogen) atoms. The van der Waals surface area contributed by atoms with Gasteiger partial charge >= 0.3 is 0 Å². The zero-order valence-corrected chi connectivity index (χ0v) is 16.4. The number of piperazine rings is 1. The number of amides is 1. The van der Waals surface area contributed by atoms with Crippen LogP contribution in [-0.2, 0) is 14.8 Å². The molecule has 140 valence electrons. The number of carbonyl (C=O) groups is 1. The van der Waals surface area contributed by atoms with Gasteiger partial charge in [0.2, 0.25) is 15.9 Å². The molecule has 0 bridgehead atoms. The Morgan fingerprint density at radius 3 is 2.44 bits per heavy atom. The van der Waals surface area contributed by atoms with Crippen LogP contribution in [0.1, 0.15) is 31.4 Å². The monoisotopic (exact) mass is 367 g/mol. The smallest absolute Gasteiger partial charge is 0.243 e. The lowest BCUT2D eigenvalue weighted by molar-refractivity contribution is -0.123. The SMILES string of the molecule is CC[C@@H](C)NC(=O)CN1CCN(S(=O)(=O)c2cc(C)ccc2C)CC1. The highest BCUT2D eigenvalue weighted by molar-refractivity contribution is 7.89. The van der Waals surface area contributed by atoms with Gasteiger partial charge in [0.25, 0.3) is 0 Å². The van der Waals surface area contributed by atoms with Gasteiger partial charge in [-0.1, -0.05) is 19.1 Å². The zero-order valence-electron chi connectivity index (χ0n) is 15.6. The van der Waals surface area contributed by atoms with Crippen molar-refractivity contribution in [2.24, 2.45) is 0 Å². The highest BCUT2D eigenvalue weighted by atomic mass is 32.2. The Kier molecular flexibility index (Phi) is 6.59. The van der Waals surface area contributed by atoms with Gasteiger partial charge in [-0.3, -0.25) is 9.69 Å². The fourth-order valence-electron chi connectivity index (χ4n) is 2.88. The molecule has 1 aliphatic heterocycles. The van der Waals surface area contributed by atoms with Crippen molar-refractivity contribution in [3.8, 4) is 0 Å². The Bertz CT molecular complexity index is 710. The first kappa shape index (κ1) is 19.9. The van der Waals surface area contributed by atoms with E-state index in [0.717, 1.165) is 17.5 Å². The van der Waals surface area contributed by atoms with E-state index in [2.05, 4.69) is 5.32 Å². The topological polar surface area (TPSA) is 69.7 Å². The Morgan fingerprint density at radius 2 is 1.84 bits per heavy atom. The van der Waals surface area contributed by atoms with E-state index in [4.69, 9.17) is 0 Å². The van der Waals surface area contributed by atoms with Crippen LogP contribution in [0.15, 0.2) is 23.1 Å². The number of hydrogen-bond donors (Lipinski definition) is 1. The number of benzene rings is 1. The Morgan fingerprint density at radius 1 is 1.20 bits per heavy atom. The van der Waals surface area contributed by atoms with Crippen molar-refractivity contribution in [2.75, 3.05) is 32.7 Å². The molecule has 7 heteroatoms. The molecule has 0 spiro atoms. The normalized spacial score (nSPS) is 18.1. The number of aryl methyl sites for hydroxylation is 2. The molecule has 0 radical (unpaired) electrons. The van der Waals surface area contributed by atoms with Crippen LogP contribution in [0, 0.1) is 13.8 Å². The number of hydrogen-bond acceptors (Lipinski definition) is 4.